The van der Waals surface area contributed by atoms with E-state index in [0.717, 1.165) is 24.1 Å². The average molecular weight is 412 g/mol. The number of ether oxygens (including phenoxy) is 2. The van der Waals surface area contributed by atoms with Gasteiger partial charge in [0, 0.05) is 24.1 Å². The van der Waals surface area contributed by atoms with Gasteiger partial charge in [-0.3, -0.25) is 0 Å². The van der Waals surface area contributed by atoms with Crippen molar-refractivity contribution >= 4 is 18.9 Å². The number of benzene rings is 2. The first-order chi connectivity index (χ1) is 13.6. The Kier molecular flexibility index (Phi) is 5.09. The first-order valence-corrected chi connectivity index (χ1v) is 11.9. The second-order valence-corrected chi connectivity index (χ2v) is 13.5. The first kappa shape index (κ1) is 20.8. The van der Waals surface area contributed by atoms with E-state index in [4.69, 9.17) is 15.2 Å². The Morgan fingerprint density at radius 1 is 0.828 bits per heavy atom. The van der Waals surface area contributed by atoms with Gasteiger partial charge in [-0.2, -0.15) is 0 Å². The van der Waals surface area contributed by atoms with E-state index < -0.39 is 13.7 Å². The predicted octanol–water partition coefficient (Wildman–Crippen LogP) is 5.75. The van der Waals surface area contributed by atoms with Crippen LogP contribution >= 0.6 is 7.92 Å². The second-order valence-electron chi connectivity index (χ2n) is 9.91. The van der Waals surface area contributed by atoms with E-state index in [9.17, 15) is 0 Å². The third-order valence-electron chi connectivity index (χ3n) is 6.65. The molecule has 0 bridgehead atoms. The number of anilines is 1. The molecular weight excluding hydrogens is 377 g/mol. The van der Waals surface area contributed by atoms with Crippen LogP contribution in [0.15, 0.2) is 36.4 Å². The quantitative estimate of drug-likeness (QED) is 0.505. The Hall–Kier alpha value is -1.41. The van der Waals surface area contributed by atoms with Crippen molar-refractivity contribution in [1.29, 1.82) is 0 Å². The van der Waals surface area contributed by atoms with Crippen LogP contribution in [0.2, 0.25) is 0 Å². The zero-order valence-corrected chi connectivity index (χ0v) is 19.5. The van der Waals surface area contributed by atoms with Crippen LogP contribution in [0.5, 0.6) is 0 Å². The molecule has 2 heterocycles. The molecule has 0 radical (unpaired) electrons. The van der Waals surface area contributed by atoms with E-state index in [1.54, 1.807) is 0 Å². The second kappa shape index (κ2) is 7.08. The van der Waals surface area contributed by atoms with E-state index in [2.05, 4.69) is 77.9 Å². The van der Waals surface area contributed by atoms with Crippen molar-refractivity contribution < 1.29 is 9.47 Å². The van der Waals surface area contributed by atoms with Crippen LogP contribution < -0.4 is 11.0 Å². The number of nitrogens with two attached hydrogens (primary N) is 1. The molecular formula is C25H34NO2P. The van der Waals surface area contributed by atoms with Crippen molar-refractivity contribution in [2.45, 2.75) is 70.5 Å². The van der Waals surface area contributed by atoms with Crippen LogP contribution in [0.25, 0.3) is 11.1 Å². The van der Waals surface area contributed by atoms with Crippen LogP contribution in [-0.4, -0.2) is 29.3 Å². The summed E-state index contributed by atoms with van der Waals surface area (Å²) in [5, 5.41) is 1.62. The molecule has 2 aliphatic heterocycles. The van der Waals surface area contributed by atoms with Gasteiger partial charge in [-0.05, 0) is 46.2 Å². The lowest BCUT2D eigenvalue weighted by molar-refractivity contribution is -0.178. The summed E-state index contributed by atoms with van der Waals surface area (Å²) in [5.74, 6) is -0.416. The van der Waals surface area contributed by atoms with E-state index in [0.29, 0.717) is 13.2 Å². The Labute approximate surface area is 176 Å². The number of nitrogen functional groups attached to an aromatic ring is 1. The number of aryl methyl sites for hydroxylation is 1. The van der Waals surface area contributed by atoms with Crippen LogP contribution in [0.3, 0.4) is 0 Å². The maximum atomic E-state index is 6.61. The molecule has 4 heteroatoms. The molecule has 2 N–H and O–H groups in total. The Morgan fingerprint density at radius 2 is 1.41 bits per heavy atom. The molecule has 2 aliphatic rings. The number of hydrogen-bond acceptors (Lipinski definition) is 3. The lowest BCUT2D eigenvalue weighted by Gasteiger charge is -2.55. The standard InChI is InChI=1S/C25H34NO2P/c1-17-11-12-20(22(26)18(17)2)19-9-7-8-10-21(19)29-23(3,4)15-25(16-24(29,5)6)27-13-14-28-25/h7-12H,13-16,26H2,1-6H3. The summed E-state index contributed by atoms with van der Waals surface area (Å²) in [6.07, 6.45) is 1.87. The van der Waals surface area contributed by atoms with Gasteiger partial charge >= 0.3 is 0 Å². The number of hydrogen-bond donors (Lipinski definition) is 1. The lowest BCUT2D eigenvalue weighted by atomic mass is 9.91. The van der Waals surface area contributed by atoms with Crippen molar-refractivity contribution in [3.05, 3.63) is 47.5 Å². The van der Waals surface area contributed by atoms with Gasteiger partial charge in [0.2, 0.25) is 0 Å². The van der Waals surface area contributed by atoms with Crippen LogP contribution in [-0.2, 0) is 9.47 Å². The molecule has 2 aromatic rings. The third-order valence-corrected chi connectivity index (χ3v) is 10.3. The van der Waals surface area contributed by atoms with E-state index in [1.165, 1.54) is 22.0 Å². The first-order valence-electron chi connectivity index (χ1n) is 10.6. The van der Waals surface area contributed by atoms with Gasteiger partial charge in [-0.1, -0.05) is 72.0 Å². The summed E-state index contributed by atoms with van der Waals surface area (Å²) in [6, 6.07) is 13.3. The largest absolute Gasteiger partial charge is 0.398 e. The molecule has 2 fully saturated rings. The molecule has 156 valence electrons. The van der Waals surface area contributed by atoms with Crippen molar-refractivity contribution in [2.75, 3.05) is 18.9 Å². The Balaban J connectivity index is 1.85. The van der Waals surface area contributed by atoms with Gasteiger partial charge in [-0.25, -0.2) is 0 Å². The maximum absolute atomic E-state index is 6.61. The summed E-state index contributed by atoms with van der Waals surface area (Å²) in [4.78, 5) is 0. The molecule has 0 aromatic heterocycles. The molecule has 0 amide bonds. The SMILES string of the molecule is Cc1ccc(-c2ccccc2P2C(C)(C)CC3(CC2(C)C)OCCO3)c(N)c1C. The minimum atomic E-state index is -0.485. The zero-order valence-electron chi connectivity index (χ0n) is 18.6. The fourth-order valence-electron chi connectivity index (χ4n) is 5.68. The normalized spacial score (nSPS) is 22.8. The molecule has 4 rings (SSSR count). The molecule has 29 heavy (non-hydrogen) atoms. The smallest absolute Gasteiger partial charge is 0.170 e. The van der Waals surface area contributed by atoms with Gasteiger partial charge in [0.25, 0.3) is 0 Å². The minimum absolute atomic E-state index is 0.0893. The molecule has 0 aliphatic carbocycles. The molecule has 3 nitrogen and oxygen atoms in total. The van der Waals surface area contributed by atoms with Crippen molar-refractivity contribution in [1.82, 2.24) is 0 Å². The molecule has 2 saturated heterocycles. The van der Waals surface area contributed by atoms with Crippen molar-refractivity contribution in [3.8, 4) is 11.1 Å². The summed E-state index contributed by atoms with van der Waals surface area (Å²) in [5.41, 5.74) is 12.4. The fourth-order valence-corrected chi connectivity index (χ4v) is 10.1. The van der Waals surface area contributed by atoms with Crippen LogP contribution in [0, 0.1) is 13.8 Å². The van der Waals surface area contributed by atoms with Crippen LogP contribution in [0.1, 0.15) is 51.7 Å². The van der Waals surface area contributed by atoms with E-state index in [1.807, 2.05) is 0 Å². The molecule has 0 unspecified atom stereocenters. The topological polar surface area (TPSA) is 44.5 Å². The highest BCUT2D eigenvalue weighted by Crippen LogP contribution is 2.68. The average Bonchev–Trinajstić information content (AvgIpc) is 3.05. The van der Waals surface area contributed by atoms with Gasteiger partial charge in [0.05, 0.1) is 13.2 Å². The Morgan fingerprint density at radius 3 is 2.03 bits per heavy atom. The monoisotopic (exact) mass is 411 g/mol. The van der Waals surface area contributed by atoms with Crippen molar-refractivity contribution in [3.63, 3.8) is 0 Å². The Bertz CT molecular complexity index is 908. The van der Waals surface area contributed by atoms with Gasteiger partial charge in [-0.15, -0.1) is 0 Å². The summed E-state index contributed by atoms with van der Waals surface area (Å²) in [6.45, 7) is 15.2. The maximum Gasteiger partial charge on any atom is 0.170 e. The summed E-state index contributed by atoms with van der Waals surface area (Å²) < 4.78 is 12.3. The third kappa shape index (κ3) is 3.52. The highest BCUT2D eigenvalue weighted by Gasteiger charge is 2.57. The van der Waals surface area contributed by atoms with Gasteiger partial charge in [0.15, 0.2) is 5.79 Å². The van der Waals surface area contributed by atoms with Crippen molar-refractivity contribution in [2.24, 2.45) is 0 Å². The number of rotatable bonds is 2. The predicted molar refractivity (Wildman–Crippen MR) is 124 cm³/mol. The van der Waals surface area contributed by atoms with Crippen LogP contribution in [0.4, 0.5) is 5.69 Å². The molecule has 2 aromatic carbocycles. The minimum Gasteiger partial charge on any atom is -0.398 e. The highest BCUT2D eigenvalue weighted by molar-refractivity contribution is 7.69. The lowest BCUT2D eigenvalue weighted by Crippen LogP contribution is -2.52. The van der Waals surface area contributed by atoms with Gasteiger partial charge in [0.1, 0.15) is 0 Å². The van der Waals surface area contributed by atoms with E-state index in [-0.39, 0.29) is 10.3 Å². The van der Waals surface area contributed by atoms with E-state index >= 15 is 0 Å². The highest BCUT2D eigenvalue weighted by atomic mass is 31.1. The zero-order chi connectivity index (χ0) is 21.0. The summed E-state index contributed by atoms with van der Waals surface area (Å²) >= 11 is 0. The molecule has 1 spiro atoms. The summed E-state index contributed by atoms with van der Waals surface area (Å²) in [7, 11) is -0.485. The molecule has 0 atom stereocenters. The fraction of sp³-hybridized carbons (Fsp3) is 0.520. The molecule has 0 saturated carbocycles. The van der Waals surface area contributed by atoms with Gasteiger partial charge < -0.3 is 15.2 Å².